The first-order valence-corrected chi connectivity index (χ1v) is 8.33. The van der Waals surface area contributed by atoms with Crippen LogP contribution >= 0.6 is 0 Å². The largest absolute Gasteiger partial charge is 0.437 e. The predicted molar refractivity (Wildman–Crippen MR) is 97.0 cm³/mol. The second-order valence-corrected chi connectivity index (χ2v) is 6.70. The fourth-order valence-electron chi connectivity index (χ4n) is 3.30. The van der Waals surface area contributed by atoms with Gasteiger partial charge in [-0.25, -0.2) is 9.55 Å². The van der Waals surface area contributed by atoms with E-state index in [1.54, 1.807) is 6.20 Å². The predicted octanol–water partition coefficient (Wildman–Crippen LogP) is 4.90. The summed E-state index contributed by atoms with van der Waals surface area (Å²) in [5.41, 5.74) is 6.42. The number of nitrogens with zero attached hydrogens (tertiary/aromatic N) is 2. The van der Waals surface area contributed by atoms with Gasteiger partial charge in [-0.3, -0.25) is 0 Å². The molecule has 24 heavy (non-hydrogen) atoms. The number of benzene rings is 1. The number of aryl methyl sites for hydroxylation is 2. The molecule has 0 saturated heterocycles. The fraction of sp³-hybridized carbons (Fsp3) is 0.238. The Morgan fingerprint density at radius 2 is 1.96 bits per heavy atom. The number of hydrogen-bond donors (Lipinski definition) is 0. The summed E-state index contributed by atoms with van der Waals surface area (Å²) in [5, 5.41) is 2.24. The highest BCUT2D eigenvalue weighted by molar-refractivity contribution is 6.09. The van der Waals surface area contributed by atoms with Crippen molar-refractivity contribution in [3.63, 3.8) is 0 Å². The van der Waals surface area contributed by atoms with Crippen LogP contribution in [0.4, 0.5) is 0 Å². The standard InChI is InChI=1S/C21H21N2O/c1-13(2)15-9-11-23(4)18(12-15)16-8-7-14(3)19-17-6-5-10-22-21(17)24-20(16)19/h5-13H,1-4H3/q+1. The highest BCUT2D eigenvalue weighted by Gasteiger charge is 2.20. The van der Waals surface area contributed by atoms with E-state index in [0.717, 1.165) is 27.6 Å². The molecule has 4 rings (SSSR count). The van der Waals surface area contributed by atoms with Crippen LogP contribution in [0.5, 0.6) is 0 Å². The normalized spacial score (nSPS) is 11.7. The third kappa shape index (κ3) is 2.20. The van der Waals surface area contributed by atoms with Gasteiger partial charge in [-0.15, -0.1) is 0 Å². The number of furan rings is 1. The summed E-state index contributed by atoms with van der Waals surface area (Å²) >= 11 is 0. The molecule has 3 heteroatoms. The van der Waals surface area contributed by atoms with Crippen LogP contribution in [0.25, 0.3) is 33.3 Å². The molecule has 0 atom stereocenters. The second kappa shape index (κ2) is 5.45. The molecule has 3 nitrogen and oxygen atoms in total. The lowest BCUT2D eigenvalue weighted by molar-refractivity contribution is -0.660. The second-order valence-electron chi connectivity index (χ2n) is 6.70. The summed E-state index contributed by atoms with van der Waals surface area (Å²) < 4.78 is 8.30. The molecule has 3 aromatic heterocycles. The number of pyridine rings is 2. The Balaban J connectivity index is 2.08. The van der Waals surface area contributed by atoms with Crippen LogP contribution in [-0.4, -0.2) is 4.98 Å². The summed E-state index contributed by atoms with van der Waals surface area (Å²) in [7, 11) is 2.08. The van der Waals surface area contributed by atoms with Crippen LogP contribution in [0.3, 0.4) is 0 Å². The molecule has 0 fully saturated rings. The average Bonchev–Trinajstić information content (AvgIpc) is 2.96. The van der Waals surface area contributed by atoms with E-state index in [1.165, 1.54) is 11.1 Å². The third-order valence-electron chi connectivity index (χ3n) is 4.72. The van der Waals surface area contributed by atoms with Crippen molar-refractivity contribution in [2.45, 2.75) is 26.7 Å². The molecule has 0 saturated carbocycles. The Kier molecular flexibility index (Phi) is 3.38. The molecule has 3 heterocycles. The highest BCUT2D eigenvalue weighted by atomic mass is 16.3. The summed E-state index contributed by atoms with van der Waals surface area (Å²) in [6.45, 7) is 6.56. The van der Waals surface area contributed by atoms with Gasteiger partial charge in [0.15, 0.2) is 11.8 Å². The van der Waals surface area contributed by atoms with E-state index < -0.39 is 0 Å². The molecule has 0 N–H and O–H groups in total. The van der Waals surface area contributed by atoms with E-state index in [0.29, 0.717) is 11.6 Å². The molecular formula is C21H21N2O+. The van der Waals surface area contributed by atoms with Crippen LogP contribution in [0.1, 0.15) is 30.9 Å². The minimum atomic E-state index is 0.489. The summed E-state index contributed by atoms with van der Waals surface area (Å²) in [4.78, 5) is 4.39. The molecule has 0 aliphatic heterocycles. The van der Waals surface area contributed by atoms with Crippen LogP contribution in [0.2, 0.25) is 0 Å². The van der Waals surface area contributed by atoms with Gasteiger partial charge < -0.3 is 4.42 Å². The van der Waals surface area contributed by atoms with Gasteiger partial charge >= 0.3 is 0 Å². The van der Waals surface area contributed by atoms with E-state index in [-0.39, 0.29) is 0 Å². The summed E-state index contributed by atoms with van der Waals surface area (Å²) in [6.07, 6.45) is 3.90. The van der Waals surface area contributed by atoms with Gasteiger partial charge in [-0.2, -0.15) is 0 Å². The molecule has 1 aromatic carbocycles. The molecule has 4 aromatic rings. The van der Waals surface area contributed by atoms with Crippen molar-refractivity contribution in [3.8, 4) is 11.3 Å². The maximum atomic E-state index is 6.15. The first-order chi connectivity index (χ1) is 11.6. The Morgan fingerprint density at radius 1 is 1.12 bits per heavy atom. The Morgan fingerprint density at radius 3 is 2.75 bits per heavy atom. The summed E-state index contributed by atoms with van der Waals surface area (Å²) in [5.74, 6) is 0.489. The monoisotopic (exact) mass is 317 g/mol. The van der Waals surface area contributed by atoms with Crippen molar-refractivity contribution in [1.82, 2.24) is 4.98 Å². The van der Waals surface area contributed by atoms with Crippen LogP contribution in [-0.2, 0) is 7.05 Å². The zero-order valence-corrected chi connectivity index (χ0v) is 14.5. The molecule has 0 radical (unpaired) electrons. The minimum Gasteiger partial charge on any atom is -0.437 e. The van der Waals surface area contributed by atoms with Gasteiger partial charge in [0.05, 0.1) is 5.56 Å². The van der Waals surface area contributed by atoms with Crippen LogP contribution < -0.4 is 4.57 Å². The van der Waals surface area contributed by atoms with Gasteiger partial charge in [-0.05, 0) is 42.2 Å². The lowest BCUT2D eigenvalue weighted by Gasteiger charge is -2.08. The molecule has 0 amide bonds. The van der Waals surface area contributed by atoms with Gasteiger partial charge in [0.1, 0.15) is 7.05 Å². The van der Waals surface area contributed by atoms with E-state index in [4.69, 9.17) is 4.42 Å². The number of aromatic nitrogens is 2. The Bertz CT molecular complexity index is 1060. The van der Waals surface area contributed by atoms with E-state index in [9.17, 15) is 0 Å². The molecule has 0 aliphatic carbocycles. The summed E-state index contributed by atoms with van der Waals surface area (Å²) in [6, 6.07) is 12.8. The molecular weight excluding hydrogens is 296 g/mol. The van der Waals surface area contributed by atoms with E-state index in [2.05, 4.69) is 73.9 Å². The lowest BCUT2D eigenvalue weighted by Crippen LogP contribution is -2.30. The Labute approximate surface area is 141 Å². The van der Waals surface area contributed by atoms with Crippen molar-refractivity contribution < 1.29 is 8.98 Å². The quantitative estimate of drug-likeness (QED) is 0.492. The molecule has 0 aliphatic rings. The molecule has 0 bridgehead atoms. The Hall–Kier alpha value is -2.68. The topological polar surface area (TPSA) is 29.9 Å². The van der Waals surface area contributed by atoms with Crippen molar-refractivity contribution in [2.24, 2.45) is 7.05 Å². The highest BCUT2D eigenvalue weighted by Crippen LogP contribution is 2.36. The lowest BCUT2D eigenvalue weighted by atomic mass is 9.98. The maximum absolute atomic E-state index is 6.15. The molecule has 120 valence electrons. The average molecular weight is 317 g/mol. The first kappa shape index (κ1) is 14.9. The number of rotatable bonds is 2. The zero-order valence-electron chi connectivity index (χ0n) is 14.5. The molecule has 0 unspecified atom stereocenters. The maximum Gasteiger partial charge on any atom is 0.227 e. The van der Waals surface area contributed by atoms with Crippen molar-refractivity contribution in [2.75, 3.05) is 0 Å². The van der Waals surface area contributed by atoms with Gasteiger partial charge in [0, 0.05) is 29.1 Å². The van der Waals surface area contributed by atoms with Crippen molar-refractivity contribution in [3.05, 3.63) is 59.9 Å². The smallest absolute Gasteiger partial charge is 0.227 e. The number of fused-ring (bicyclic) bond motifs is 3. The fourth-order valence-corrected chi connectivity index (χ4v) is 3.30. The third-order valence-corrected chi connectivity index (χ3v) is 4.72. The van der Waals surface area contributed by atoms with Gasteiger partial charge in [0.2, 0.25) is 11.4 Å². The minimum absolute atomic E-state index is 0.489. The van der Waals surface area contributed by atoms with Gasteiger partial charge in [-0.1, -0.05) is 19.9 Å². The van der Waals surface area contributed by atoms with Crippen molar-refractivity contribution >= 4 is 22.1 Å². The van der Waals surface area contributed by atoms with Crippen LogP contribution in [0, 0.1) is 6.92 Å². The van der Waals surface area contributed by atoms with Gasteiger partial charge in [0.25, 0.3) is 0 Å². The van der Waals surface area contributed by atoms with E-state index >= 15 is 0 Å². The first-order valence-electron chi connectivity index (χ1n) is 8.33. The number of hydrogen-bond acceptors (Lipinski definition) is 2. The zero-order chi connectivity index (χ0) is 16.8. The van der Waals surface area contributed by atoms with E-state index in [1.807, 2.05) is 6.07 Å². The van der Waals surface area contributed by atoms with Crippen LogP contribution in [0.15, 0.2) is 53.2 Å². The SMILES string of the molecule is Cc1ccc(-c2cc(C(C)C)cc[n+]2C)c2oc3ncccc3c12. The van der Waals surface area contributed by atoms with Crippen molar-refractivity contribution in [1.29, 1.82) is 0 Å². The molecule has 0 spiro atoms.